The van der Waals surface area contributed by atoms with Gasteiger partial charge < -0.3 is 5.73 Å². The highest BCUT2D eigenvalue weighted by Crippen LogP contribution is 2.22. The molecule has 0 saturated heterocycles. The van der Waals surface area contributed by atoms with Crippen molar-refractivity contribution < 1.29 is 16.8 Å². The summed E-state index contributed by atoms with van der Waals surface area (Å²) >= 11 is 0. The molecule has 0 amide bonds. The summed E-state index contributed by atoms with van der Waals surface area (Å²) in [6.45, 7) is 4.15. The lowest BCUT2D eigenvalue weighted by molar-refractivity contribution is 0.371. The molecule has 0 bridgehead atoms. The molecule has 25 heavy (non-hydrogen) atoms. The summed E-state index contributed by atoms with van der Waals surface area (Å²) in [5.74, 6) is 0. The molecule has 2 unspecified atom stereocenters. The lowest BCUT2D eigenvalue weighted by Crippen LogP contribution is -2.42. The molecule has 7 nitrogen and oxygen atoms in total. The van der Waals surface area contributed by atoms with E-state index in [1.165, 1.54) is 28.6 Å². The molecule has 0 heterocycles. The van der Waals surface area contributed by atoms with Crippen molar-refractivity contribution in [1.82, 2.24) is 9.03 Å². The Hall–Kier alpha value is -1.00. The smallest absolute Gasteiger partial charge is 0.243 e. The van der Waals surface area contributed by atoms with E-state index in [1.807, 2.05) is 0 Å². The van der Waals surface area contributed by atoms with Crippen molar-refractivity contribution in [3.8, 4) is 0 Å². The van der Waals surface area contributed by atoms with Crippen molar-refractivity contribution in [1.29, 1.82) is 0 Å². The van der Waals surface area contributed by atoms with Crippen molar-refractivity contribution >= 4 is 20.0 Å². The fourth-order valence-electron chi connectivity index (χ4n) is 3.14. The van der Waals surface area contributed by atoms with E-state index in [1.54, 1.807) is 13.8 Å². The predicted octanol–water partition coefficient (Wildman–Crippen LogP) is 1.27. The fourth-order valence-corrected chi connectivity index (χ4v) is 6.04. The Kier molecular flexibility index (Phi) is 6.61. The lowest BCUT2D eigenvalue weighted by atomic mass is 9.92. The number of nitrogens with zero attached hydrogens (tertiary/aromatic N) is 1. The molecule has 1 aromatic carbocycles. The minimum atomic E-state index is -3.79. The van der Waals surface area contributed by atoms with Gasteiger partial charge in [-0.3, -0.25) is 0 Å². The molecule has 1 aromatic rings. The first kappa shape index (κ1) is 20.3. The van der Waals surface area contributed by atoms with E-state index in [9.17, 15) is 16.8 Å². The van der Waals surface area contributed by atoms with E-state index >= 15 is 0 Å². The average Bonchev–Trinajstić information content (AvgIpc) is 2.55. The Balaban J connectivity index is 2.28. The normalized spacial score (nSPS) is 22.2. The summed E-state index contributed by atoms with van der Waals surface area (Å²) in [7, 11) is -7.50. The molecule has 2 atom stereocenters. The summed E-state index contributed by atoms with van der Waals surface area (Å²) in [5.41, 5.74) is 5.91. The SMILES string of the molecule is CCN(CC)S(=O)(=O)c1cccc(S(=O)(=O)NC2CCCC(N)C2)c1. The fraction of sp³-hybridized carbons (Fsp3) is 0.625. The zero-order valence-corrected chi connectivity index (χ0v) is 16.3. The molecule has 1 saturated carbocycles. The van der Waals surface area contributed by atoms with E-state index < -0.39 is 20.0 Å². The van der Waals surface area contributed by atoms with E-state index in [0.717, 1.165) is 19.3 Å². The van der Waals surface area contributed by atoms with Gasteiger partial charge in [0.1, 0.15) is 0 Å². The first-order chi connectivity index (χ1) is 11.7. The second-order valence-electron chi connectivity index (χ2n) is 6.31. The summed E-state index contributed by atoms with van der Waals surface area (Å²) in [4.78, 5) is -0.0562. The molecular weight excluding hydrogens is 362 g/mol. The van der Waals surface area contributed by atoms with Gasteiger partial charge in [-0.2, -0.15) is 4.31 Å². The highest BCUT2D eigenvalue weighted by atomic mass is 32.2. The third-order valence-electron chi connectivity index (χ3n) is 4.50. The van der Waals surface area contributed by atoms with Crippen LogP contribution in [-0.4, -0.2) is 46.3 Å². The molecule has 2 rings (SSSR count). The third kappa shape index (κ3) is 4.79. The van der Waals surface area contributed by atoms with Crippen LogP contribution in [0.5, 0.6) is 0 Å². The first-order valence-corrected chi connectivity index (χ1v) is 11.5. The number of sulfonamides is 2. The third-order valence-corrected chi connectivity index (χ3v) is 8.06. The van der Waals surface area contributed by atoms with Crippen LogP contribution >= 0.6 is 0 Å². The highest BCUT2D eigenvalue weighted by molar-refractivity contribution is 7.90. The zero-order chi connectivity index (χ0) is 18.7. The predicted molar refractivity (Wildman–Crippen MR) is 97.1 cm³/mol. The van der Waals surface area contributed by atoms with Crippen LogP contribution < -0.4 is 10.5 Å². The lowest BCUT2D eigenvalue weighted by Gasteiger charge is -2.27. The van der Waals surface area contributed by atoms with Gasteiger partial charge in [-0.05, 0) is 37.5 Å². The number of nitrogens with two attached hydrogens (primary N) is 1. The van der Waals surface area contributed by atoms with Gasteiger partial charge in [0.15, 0.2) is 0 Å². The monoisotopic (exact) mass is 389 g/mol. The van der Waals surface area contributed by atoms with Crippen molar-refractivity contribution in [2.45, 2.75) is 61.4 Å². The van der Waals surface area contributed by atoms with Crippen molar-refractivity contribution in [2.75, 3.05) is 13.1 Å². The minimum Gasteiger partial charge on any atom is -0.328 e. The molecular formula is C16H27N3O4S2. The molecule has 1 fully saturated rings. The van der Waals surface area contributed by atoms with Crippen LogP contribution in [0.2, 0.25) is 0 Å². The van der Waals surface area contributed by atoms with Gasteiger partial charge in [-0.15, -0.1) is 0 Å². The molecule has 1 aliphatic rings. The average molecular weight is 390 g/mol. The van der Waals surface area contributed by atoms with Gasteiger partial charge in [0, 0.05) is 25.2 Å². The first-order valence-electron chi connectivity index (χ1n) is 8.58. The molecule has 0 radical (unpaired) electrons. The van der Waals surface area contributed by atoms with Crippen LogP contribution in [0.3, 0.4) is 0 Å². The Morgan fingerprint density at radius 3 is 2.36 bits per heavy atom. The van der Waals surface area contributed by atoms with Gasteiger partial charge in [-0.1, -0.05) is 26.3 Å². The molecule has 0 spiro atoms. The summed E-state index contributed by atoms with van der Waals surface area (Å²) in [6, 6.07) is 5.29. The topological polar surface area (TPSA) is 110 Å². The number of rotatable bonds is 7. The largest absolute Gasteiger partial charge is 0.328 e. The summed E-state index contributed by atoms with van der Waals surface area (Å²) in [5, 5.41) is 0. The Bertz CT molecular complexity index is 789. The Morgan fingerprint density at radius 1 is 1.12 bits per heavy atom. The van der Waals surface area contributed by atoms with Crippen LogP contribution in [-0.2, 0) is 20.0 Å². The molecule has 9 heteroatoms. The highest BCUT2D eigenvalue weighted by Gasteiger charge is 2.27. The second-order valence-corrected chi connectivity index (χ2v) is 9.96. The number of hydrogen-bond donors (Lipinski definition) is 2. The molecule has 0 aromatic heterocycles. The molecule has 0 aliphatic heterocycles. The van der Waals surface area contributed by atoms with E-state index in [4.69, 9.17) is 5.73 Å². The summed E-state index contributed by atoms with van der Waals surface area (Å²) in [6.07, 6.45) is 3.11. The van der Waals surface area contributed by atoms with Crippen LogP contribution in [0, 0.1) is 0 Å². The van der Waals surface area contributed by atoms with Crippen molar-refractivity contribution in [2.24, 2.45) is 5.73 Å². The standard InChI is InChI=1S/C16H27N3O4S2/c1-3-19(4-2)25(22,23)16-10-6-9-15(12-16)24(20,21)18-14-8-5-7-13(17)11-14/h6,9-10,12-14,18H,3-5,7-8,11,17H2,1-2H3. The van der Waals surface area contributed by atoms with E-state index in [-0.39, 0.29) is 21.9 Å². The Morgan fingerprint density at radius 2 is 1.76 bits per heavy atom. The van der Waals surface area contributed by atoms with Gasteiger partial charge in [-0.25, -0.2) is 21.6 Å². The maximum atomic E-state index is 12.6. The van der Waals surface area contributed by atoms with Crippen LogP contribution in [0.25, 0.3) is 0 Å². The number of hydrogen-bond acceptors (Lipinski definition) is 5. The maximum absolute atomic E-state index is 12.6. The zero-order valence-electron chi connectivity index (χ0n) is 14.7. The molecule has 1 aliphatic carbocycles. The maximum Gasteiger partial charge on any atom is 0.243 e. The van der Waals surface area contributed by atoms with Gasteiger partial charge in [0.25, 0.3) is 0 Å². The van der Waals surface area contributed by atoms with Crippen LogP contribution in [0.4, 0.5) is 0 Å². The molecule has 142 valence electrons. The Labute approximate surface area is 150 Å². The van der Waals surface area contributed by atoms with Gasteiger partial charge >= 0.3 is 0 Å². The number of nitrogens with one attached hydrogen (secondary N) is 1. The van der Waals surface area contributed by atoms with Crippen molar-refractivity contribution in [3.63, 3.8) is 0 Å². The summed E-state index contributed by atoms with van der Waals surface area (Å²) < 4.78 is 54.4. The van der Waals surface area contributed by atoms with Crippen LogP contribution in [0.15, 0.2) is 34.1 Å². The minimum absolute atomic E-state index is 0.00386. The van der Waals surface area contributed by atoms with Crippen LogP contribution in [0.1, 0.15) is 39.5 Å². The second kappa shape index (κ2) is 8.13. The van der Waals surface area contributed by atoms with Gasteiger partial charge in [0.05, 0.1) is 9.79 Å². The quantitative estimate of drug-likeness (QED) is 0.730. The van der Waals surface area contributed by atoms with Gasteiger partial charge in [0.2, 0.25) is 20.0 Å². The molecule has 3 N–H and O–H groups in total. The number of benzene rings is 1. The van der Waals surface area contributed by atoms with E-state index in [0.29, 0.717) is 19.5 Å². The van der Waals surface area contributed by atoms with Crippen molar-refractivity contribution in [3.05, 3.63) is 24.3 Å². The van der Waals surface area contributed by atoms with E-state index in [2.05, 4.69) is 4.72 Å².